The lowest BCUT2D eigenvalue weighted by Gasteiger charge is -2.11. The molecule has 0 aliphatic rings. The Morgan fingerprint density at radius 3 is 1.93 bits per heavy atom. The van der Waals surface area contributed by atoms with Crippen LogP contribution in [-0.4, -0.2) is 4.98 Å². The SMILES string of the molecule is Clc1ccc(Sc2ccc(Sc3ccccc3)nc2-c2ccccc2)cc1. The molecule has 132 valence electrons. The summed E-state index contributed by atoms with van der Waals surface area (Å²) in [6.45, 7) is 0. The second-order valence-corrected chi connectivity index (χ2v) is 8.48. The van der Waals surface area contributed by atoms with E-state index in [-0.39, 0.29) is 0 Å². The third-order valence-corrected chi connectivity index (χ3v) is 6.14. The molecule has 0 atom stereocenters. The van der Waals surface area contributed by atoms with Crippen molar-refractivity contribution in [1.29, 1.82) is 0 Å². The first-order chi connectivity index (χ1) is 13.3. The van der Waals surface area contributed by atoms with Crippen molar-refractivity contribution in [3.8, 4) is 11.3 Å². The van der Waals surface area contributed by atoms with E-state index in [1.54, 1.807) is 23.5 Å². The standard InChI is InChI=1S/C23H16ClNS2/c24-18-11-13-20(14-12-18)26-21-15-16-22(27-19-9-5-2-6-10-19)25-23(21)17-7-3-1-4-8-17/h1-16H. The smallest absolute Gasteiger partial charge is 0.102 e. The summed E-state index contributed by atoms with van der Waals surface area (Å²) >= 11 is 9.39. The highest BCUT2D eigenvalue weighted by molar-refractivity contribution is 7.99. The van der Waals surface area contributed by atoms with Crippen molar-refractivity contribution < 1.29 is 0 Å². The first kappa shape index (κ1) is 18.2. The van der Waals surface area contributed by atoms with E-state index in [1.807, 2.05) is 60.7 Å². The van der Waals surface area contributed by atoms with E-state index in [4.69, 9.17) is 16.6 Å². The molecule has 0 amide bonds. The topological polar surface area (TPSA) is 12.9 Å². The van der Waals surface area contributed by atoms with Gasteiger partial charge in [-0.15, -0.1) is 0 Å². The van der Waals surface area contributed by atoms with Crippen molar-refractivity contribution in [2.75, 3.05) is 0 Å². The number of rotatable bonds is 5. The van der Waals surface area contributed by atoms with E-state index < -0.39 is 0 Å². The number of benzene rings is 3. The molecule has 0 fully saturated rings. The van der Waals surface area contributed by atoms with Crippen LogP contribution in [0.4, 0.5) is 0 Å². The molecular weight excluding hydrogens is 390 g/mol. The molecule has 0 aliphatic carbocycles. The number of halogens is 1. The van der Waals surface area contributed by atoms with Gasteiger partial charge in [0.25, 0.3) is 0 Å². The average molecular weight is 406 g/mol. The van der Waals surface area contributed by atoms with Crippen molar-refractivity contribution >= 4 is 35.1 Å². The molecule has 1 heterocycles. The van der Waals surface area contributed by atoms with E-state index in [0.29, 0.717) is 0 Å². The van der Waals surface area contributed by atoms with Crippen molar-refractivity contribution in [3.05, 3.63) is 102 Å². The van der Waals surface area contributed by atoms with Gasteiger partial charge in [-0.05, 0) is 48.5 Å². The Bertz CT molecular complexity index is 1020. The van der Waals surface area contributed by atoms with Gasteiger partial charge in [0.1, 0.15) is 5.03 Å². The maximum absolute atomic E-state index is 6.02. The average Bonchev–Trinajstić information content (AvgIpc) is 2.72. The van der Waals surface area contributed by atoms with E-state index >= 15 is 0 Å². The van der Waals surface area contributed by atoms with Crippen molar-refractivity contribution in [1.82, 2.24) is 4.98 Å². The molecule has 0 aliphatic heterocycles. The van der Waals surface area contributed by atoms with E-state index in [0.717, 1.165) is 31.1 Å². The van der Waals surface area contributed by atoms with Gasteiger partial charge in [0.2, 0.25) is 0 Å². The molecule has 3 aromatic carbocycles. The van der Waals surface area contributed by atoms with Crippen LogP contribution in [0.25, 0.3) is 11.3 Å². The summed E-state index contributed by atoms with van der Waals surface area (Å²) in [5.41, 5.74) is 2.11. The normalized spacial score (nSPS) is 10.7. The van der Waals surface area contributed by atoms with Gasteiger partial charge >= 0.3 is 0 Å². The van der Waals surface area contributed by atoms with Crippen LogP contribution in [0, 0.1) is 0 Å². The number of aromatic nitrogens is 1. The Kier molecular flexibility index (Phi) is 5.83. The van der Waals surface area contributed by atoms with Gasteiger partial charge in [0.05, 0.1) is 5.69 Å². The first-order valence-electron chi connectivity index (χ1n) is 8.51. The summed E-state index contributed by atoms with van der Waals surface area (Å²) in [6.07, 6.45) is 0. The summed E-state index contributed by atoms with van der Waals surface area (Å²) < 4.78 is 0. The lowest BCUT2D eigenvalue weighted by Crippen LogP contribution is -1.90. The van der Waals surface area contributed by atoms with Gasteiger partial charge in [-0.25, -0.2) is 4.98 Å². The molecule has 0 N–H and O–H groups in total. The fraction of sp³-hybridized carbons (Fsp3) is 0. The molecule has 0 spiro atoms. The summed E-state index contributed by atoms with van der Waals surface area (Å²) in [7, 11) is 0. The fourth-order valence-electron chi connectivity index (χ4n) is 2.61. The van der Waals surface area contributed by atoms with Crippen molar-refractivity contribution in [2.45, 2.75) is 19.7 Å². The van der Waals surface area contributed by atoms with Crippen LogP contribution in [0.3, 0.4) is 0 Å². The van der Waals surface area contributed by atoms with Gasteiger partial charge in [-0.1, -0.05) is 83.7 Å². The van der Waals surface area contributed by atoms with Crippen LogP contribution in [-0.2, 0) is 0 Å². The lowest BCUT2D eigenvalue weighted by atomic mass is 10.1. The lowest BCUT2D eigenvalue weighted by molar-refractivity contribution is 1.09. The predicted octanol–water partition coefficient (Wildman–Crippen LogP) is 7.70. The quantitative estimate of drug-likeness (QED) is 0.337. The summed E-state index contributed by atoms with van der Waals surface area (Å²) in [5.74, 6) is 0. The molecule has 0 unspecified atom stereocenters. The summed E-state index contributed by atoms with van der Waals surface area (Å²) in [6, 6.07) is 32.8. The van der Waals surface area contributed by atoms with Gasteiger partial charge in [0, 0.05) is 25.3 Å². The molecule has 0 saturated carbocycles. The van der Waals surface area contributed by atoms with E-state index in [9.17, 15) is 0 Å². The van der Waals surface area contributed by atoms with E-state index in [1.165, 1.54) is 4.90 Å². The minimum atomic E-state index is 0.746. The molecule has 0 saturated heterocycles. The van der Waals surface area contributed by atoms with Crippen LogP contribution >= 0.6 is 35.1 Å². The molecule has 4 aromatic rings. The Balaban J connectivity index is 1.70. The maximum atomic E-state index is 6.02. The zero-order valence-electron chi connectivity index (χ0n) is 14.4. The van der Waals surface area contributed by atoms with E-state index in [2.05, 4.69) is 36.4 Å². The van der Waals surface area contributed by atoms with Crippen molar-refractivity contribution in [2.24, 2.45) is 0 Å². The van der Waals surface area contributed by atoms with Crippen LogP contribution in [0.15, 0.2) is 117 Å². The highest BCUT2D eigenvalue weighted by atomic mass is 35.5. The van der Waals surface area contributed by atoms with Crippen LogP contribution in [0.5, 0.6) is 0 Å². The molecule has 0 bridgehead atoms. The molecule has 1 nitrogen and oxygen atoms in total. The monoisotopic (exact) mass is 405 g/mol. The Morgan fingerprint density at radius 2 is 1.22 bits per heavy atom. The number of hydrogen-bond donors (Lipinski definition) is 0. The van der Waals surface area contributed by atoms with Crippen LogP contribution in [0.2, 0.25) is 5.02 Å². The third-order valence-electron chi connectivity index (χ3n) is 3.89. The summed E-state index contributed by atoms with van der Waals surface area (Å²) in [4.78, 5) is 8.42. The Morgan fingerprint density at radius 1 is 0.593 bits per heavy atom. The predicted molar refractivity (Wildman–Crippen MR) is 116 cm³/mol. The molecular formula is C23H16ClNS2. The number of pyridine rings is 1. The minimum absolute atomic E-state index is 0.746. The minimum Gasteiger partial charge on any atom is -0.240 e. The molecule has 0 radical (unpaired) electrons. The second-order valence-electron chi connectivity index (χ2n) is 5.83. The highest BCUT2D eigenvalue weighted by Gasteiger charge is 2.11. The largest absolute Gasteiger partial charge is 0.240 e. The summed E-state index contributed by atoms with van der Waals surface area (Å²) in [5, 5.41) is 1.73. The molecule has 4 heteroatoms. The zero-order chi connectivity index (χ0) is 18.5. The van der Waals surface area contributed by atoms with Crippen LogP contribution in [0.1, 0.15) is 0 Å². The van der Waals surface area contributed by atoms with Gasteiger partial charge in [-0.2, -0.15) is 0 Å². The second kappa shape index (κ2) is 8.66. The fourth-order valence-corrected chi connectivity index (χ4v) is 4.47. The van der Waals surface area contributed by atoms with Crippen molar-refractivity contribution in [3.63, 3.8) is 0 Å². The molecule has 4 rings (SSSR count). The number of hydrogen-bond acceptors (Lipinski definition) is 3. The maximum Gasteiger partial charge on any atom is 0.102 e. The Hall–Kier alpha value is -2.20. The van der Waals surface area contributed by atoms with Crippen LogP contribution < -0.4 is 0 Å². The van der Waals surface area contributed by atoms with Gasteiger partial charge in [-0.3, -0.25) is 0 Å². The highest BCUT2D eigenvalue weighted by Crippen LogP contribution is 2.37. The first-order valence-corrected chi connectivity index (χ1v) is 10.5. The Labute approximate surface area is 172 Å². The zero-order valence-corrected chi connectivity index (χ0v) is 16.8. The third kappa shape index (κ3) is 4.75. The van der Waals surface area contributed by atoms with Gasteiger partial charge in [0.15, 0.2) is 0 Å². The van der Waals surface area contributed by atoms with Gasteiger partial charge < -0.3 is 0 Å². The molecule has 27 heavy (non-hydrogen) atoms. The number of nitrogens with zero attached hydrogens (tertiary/aromatic N) is 1. The molecule has 1 aromatic heterocycles.